The molecule has 114 valence electrons. The van der Waals surface area contributed by atoms with Gasteiger partial charge in [-0.2, -0.15) is 0 Å². The maximum Gasteiger partial charge on any atom is 0.268 e. The Hall–Kier alpha value is -2.43. The number of carbonyl (C=O) groups excluding carboxylic acids is 1. The van der Waals surface area contributed by atoms with E-state index in [9.17, 15) is 4.79 Å². The summed E-state index contributed by atoms with van der Waals surface area (Å²) in [6, 6.07) is 14.4. The zero-order valence-corrected chi connectivity index (χ0v) is 13.3. The first-order chi connectivity index (χ1) is 11.0. The Labute approximate surface area is 142 Å². The van der Waals surface area contributed by atoms with Gasteiger partial charge in [-0.15, -0.1) is 0 Å². The van der Waals surface area contributed by atoms with Crippen molar-refractivity contribution in [1.29, 1.82) is 0 Å². The molecule has 23 heavy (non-hydrogen) atoms. The average molecular weight is 344 g/mol. The van der Waals surface area contributed by atoms with Gasteiger partial charge in [-0.25, -0.2) is 4.98 Å². The van der Waals surface area contributed by atoms with Crippen LogP contribution in [0.2, 0.25) is 10.0 Å². The summed E-state index contributed by atoms with van der Waals surface area (Å²) < 4.78 is 0. The van der Waals surface area contributed by atoms with E-state index in [-0.39, 0.29) is 5.69 Å². The zero-order chi connectivity index (χ0) is 16.4. The van der Waals surface area contributed by atoms with Gasteiger partial charge < -0.3 is 5.73 Å². The van der Waals surface area contributed by atoms with Crippen molar-refractivity contribution in [2.75, 3.05) is 0 Å². The Morgan fingerprint density at radius 3 is 1.78 bits per heavy atom. The molecule has 2 N–H and O–H groups in total. The Balaban J connectivity index is 2.20. The summed E-state index contributed by atoms with van der Waals surface area (Å²) in [4.78, 5) is 20.1. The predicted octanol–water partition coefficient (Wildman–Crippen LogP) is 4.22. The Morgan fingerprint density at radius 2 is 1.30 bits per heavy atom. The molecule has 6 heteroatoms. The maximum atomic E-state index is 11.4. The smallest absolute Gasteiger partial charge is 0.268 e. The molecule has 0 aliphatic rings. The van der Waals surface area contributed by atoms with E-state index in [0.29, 0.717) is 21.4 Å². The van der Waals surface area contributed by atoms with Crippen molar-refractivity contribution in [2.24, 2.45) is 5.73 Å². The fourth-order valence-corrected chi connectivity index (χ4v) is 2.39. The van der Waals surface area contributed by atoms with Gasteiger partial charge in [-0.1, -0.05) is 47.5 Å². The van der Waals surface area contributed by atoms with Crippen molar-refractivity contribution in [1.82, 2.24) is 9.97 Å². The van der Waals surface area contributed by atoms with Gasteiger partial charge in [-0.05, 0) is 24.3 Å². The quantitative estimate of drug-likeness (QED) is 0.774. The van der Waals surface area contributed by atoms with Crippen LogP contribution in [0.25, 0.3) is 22.5 Å². The molecule has 1 amide bonds. The number of aromatic nitrogens is 2. The van der Waals surface area contributed by atoms with Crippen molar-refractivity contribution < 1.29 is 4.79 Å². The van der Waals surface area contributed by atoms with Crippen LogP contribution in [-0.4, -0.2) is 15.9 Å². The third-order valence-corrected chi connectivity index (χ3v) is 3.76. The first-order valence-corrected chi connectivity index (χ1v) is 7.49. The number of benzene rings is 2. The zero-order valence-electron chi connectivity index (χ0n) is 11.8. The van der Waals surface area contributed by atoms with Crippen LogP contribution in [0, 0.1) is 0 Å². The lowest BCUT2D eigenvalue weighted by Gasteiger charge is -2.10. The molecule has 4 nitrogen and oxygen atoms in total. The molecule has 0 radical (unpaired) electrons. The molecule has 0 fully saturated rings. The number of primary amides is 1. The molecular formula is C17H11Cl2N3O. The van der Waals surface area contributed by atoms with Crippen molar-refractivity contribution in [2.45, 2.75) is 0 Å². The molecule has 3 aromatic rings. The summed E-state index contributed by atoms with van der Waals surface area (Å²) in [7, 11) is 0. The second-order valence-electron chi connectivity index (χ2n) is 4.83. The molecule has 3 rings (SSSR count). The molecule has 1 aromatic heterocycles. The second-order valence-corrected chi connectivity index (χ2v) is 5.70. The average Bonchev–Trinajstić information content (AvgIpc) is 2.56. The molecule has 2 aromatic carbocycles. The first-order valence-electron chi connectivity index (χ1n) is 6.73. The van der Waals surface area contributed by atoms with Gasteiger partial charge >= 0.3 is 0 Å². The van der Waals surface area contributed by atoms with E-state index < -0.39 is 5.91 Å². The maximum absolute atomic E-state index is 11.4. The van der Waals surface area contributed by atoms with E-state index in [1.807, 2.05) is 24.3 Å². The van der Waals surface area contributed by atoms with Crippen LogP contribution < -0.4 is 5.73 Å². The van der Waals surface area contributed by atoms with E-state index >= 15 is 0 Å². The summed E-state index contributed by atoms with van der Waals surface area (Å²) in [5.41, 5.74) is 8.23. The van der Waals surface area contributed by atoms with Crippen molar-refractivity contribution >= 4 is 29.1 Å². The molecule has 0 spiro atoms. The van der Waals surface area contributed by atoms with Crippen molar-refractivity contribution in [3.63, 3.8) is 0 Å². The number of hydrogen-bond donors (Lipinski definition) is 1. The largest absolute Gasteiger partial charge is 0.364 e. The summed E-state index contributed by atoms with van der Waals surface area (Å²) in [5.74, 6) is -0.629. The minimum absolute atomic E-state index is 0.104. The van der Waals surface area contributed by atoms with Gasteiger partial charge in [0.15, 0.2) is 0 Å². The molecule has 1 heterocycles. The molecular weight excluding hydrogens is 333 g/mol. The van der Waals surface area contributed by atoms with E-state index in [1.54, 1.807) is 24.3 Å². The number of nitrogens with two attached hydrogens (primary N) is 1. The summed E-state index contributed by atoms with van der Waals surface area (Å²) >= 11 is 11.9. The van der Waals surface area contributed by atoms with Gasteiger partial charge in [0, 0.05) is 21.2 Å². The van der Waals surface area contributed by atoms with Crippen LogP contribution in [0.1, 0.15) is 10.5 Å². The Kier molecular flexibility index (Phi) is 4.28. The van der Waals surface area contributed by atoms with E-state index in [1.165, 1.54) is 6.20 Å². The Morgan fingerprint density at radius 1 is 0.826 bits per heavy atom. The molecule has 0 saturated heterocycles. The number of carbonyl (C=O) groups is 1. The molecule has 0 aliphatic heterocycles. The number of amides is 1. The van der Waals surface area contributed by atoms with Crippen LogP contribution in [0.5, 0.6) is 0 Å². The fraction of sp³-hybridized carbons (Fsp3) is 0. The molecule has 0 aliphatic carbocycles. The number of halogens is 2. The summed E-state index contributed by atoms with van der Waals surface area (Å²) in [6.45, 7) is 0. The highest BCUT2D eigenvalue weighted by atomic mass is 35.5. The number of rotatable bonds is 3. The Bertz CT molecular complexity index is 862. The lowest BCUT2D eigenvalue weighted by Crippen LogP contribution is -2.14. The van der Waals surface area contributed by atoms with Crippen LogP contribution in [0.3, 0.4) is 0 Å². The monoisotopic (exact) mass is 343 g/mol. The van der Waals surface area contributed by atoms with Crippen molar-refractivity contribution in [3.8, 4) is 22.5 Å². The molecule has 0 bridgehead atoms. The highest BCUT2D eigenvalue weighted by Gasteiger charge is 2.14. The first kappa shape index (κ1) is 15.5. The lowest BCUT2D eigenvalue weighted by molar-refractivity contribution is 0.0995. The molecule has 0 unspecified atom stereocenters. The minimum Gasteiger partial charge on any atom is -0.364 e. The van der Waals surface area contributed by atoms with E-state index in [2.05, 4.69) is 9.97 Å². The summed E-state index contributed by atoms with van der Waals surface area (Å²) in [6.07, 6.45) is 1.37. The lowest BCUT2D eigenvalue weighted by atomic mass is 10.0. The van der Waals surface area contributed by atoms with Crippen LogP contribution in [0.15, 0.2) is 54.7 Å². The third-order valence-electron chi connectivity index (χ3n) is 3.26. The topological polar surface area (TPSA) is 68.9 Å². The predicted molar refractivity (Wildman–Crippen MR) is 91.4 cm³/mol. The van der Waals surface area contributed by atoms with Gasteiger partial charge in [0.25, 0.3) is 5.91 Å². The third kappa shape index (κ3) is 3.33. The number of hydrogen-bond acceptors (Lipinski definition) is 3. The van der Waals surface area contributed by atoms with Crippen molar-refractivity contribution in [3.05, 3.63) is 70.5 Å². The van der Waals surface area contributed by atoms with Gasteiger partial charge in [0.2, 0.25) is 0 Å². The second kappa shape index (κ2) is 6.36. The minimum atomic E-state index is -0.629. The highest BCUT2D eigenvalue weighted by molar-refractivity contribution is 6.31. The SMILES string of the molecule is NC(=O)c1cnc(-c2ccc(Cl)cc2)c(-c2ccc(Cl)cc2)n1. The van der Waals surface area contributed by atoms with Crippen LogP contribution in [-0.2, 0) is 0 Å². The van der Waals surface area contributed by atoms with Gasteiger partial charge in [0.05, 0.1) is 17.6 Å². The summed E-state index contributed by atoms with van der Waals surface area (Å²) in [5, 5.41) is 1.24. The van der Waals surface area contributed by atoms with Crippen LogP contribution >= 0.6 is 23.2 Å². The normalized spacial score (nSPS) is 10.5. The standard InChI is InChI=1S/C17H11Cl2N3O/c18-12-5-1-10(2-6-12)15-16(11-3-7-13(19)8-4-11)22-14(9-21-15)17(20)23/h1-9H,(H2,20,23). The van der Waals surface area contributed by atoms with E-state index in [4.69, 9.17) is 28.9 Å². The number of nitrogens with zero attached hydrogens (tertiary/aromatic N) is 2. The fourth-order valence-electron chi connectivity index (χ4n) is 2.14. The molecule has 0 saturated carbocycles. The van der Waals surface area contributed by atoms with Gasteiger partial charge in [0.1, 0.15) is 5.69 Å². The van der Waals surface area contributed by atoms with E-state index in [0.717, 1.165) is 11.1 Å². The molecule has 0 atom stereocenters. The highest BCUT2D eigenvalue weighted by Crippen LogP contribution is 2.30. The van der Waals surface area contributed by atoms with Gasteiger partial charge in [-0.3, -0.25) is 9.78 Å². The van der Waals surface area contributed by atoms with Crippen LogP contribution in [0.4, 0.5) is 0 Å².